The summed E-state index contributed by atoms with van der Waals surface area (Å²) in [5.74, 6) is -1.48. The second-order valence-corrected chi connectivity index (χ2v) is 10.1. The van der Waals surface area contributed by atoms with Gasteiger partial charge in [-0.2, -0.15) is 0 Å². The number of carboxylic acid groups (broad SMARTS) is 1. The standard InChI is InChI=1S/C26H38O8/c1-14(4-6-17-7-5-15(2)25(30)24(17)26(31)32)20(29)11-19(28)12-22-16(3)10-23(34-22)21-9-8-18(27)13-33-21/h5,7,14,16,18,20-23,27,29-30H,4,6,8-13H2,1-3H3,(H,31,32)/t14-,16+,18-,20-,21?,22-,23?/m1/s1. The van der Waals surface area contributed by atoms with E-state index < -0.39 is 18.2 Å². The zero-order valence-corrected chi connectivity index (χ0v) is 20.3. The fraction of sp³-hybridized carbons (Fsp3) is 0.692. The van der Waals surface area contributed by atoms with Crippen molar-refractivity contribution in [3.63, 3.8) is 0 Å². The smallest absolute Gasteiger partial charge is 0.339 e. The lowest BCUT2D eigenvalue weighted by molar-refractivity contribution is -0.131. The number of aromatic hydroxyl groups is 1. The van der Waals surface area contributed by atoms with Gasteiger partial charge in [-0.15, -0.1) is 0 Å². The van der Waals surface area contributed by atoms with Crippen LogP contribution in [-0.4, -0.2) is 69.3 Å². The first kappa shape index (κ1) is 26.6. The number of aliphatic hydroxyl groups is 2. The molecule has 0 amide bonds. The summed E-state index contributed by atoms with van der Waals surface area (Å²) < 4.78 is 11.9. The van der Waals surface area contributed by atoms with Crippen LogP contribution in [0.25, 0.3) is 0 Å². The van der Waals surface area contributed by atoms with Gasteiger partial charge in [-0.1, -0.05) is 26.0 Å². The molecular formula is C26H38O8. The van der Waals surface area contributed by atoms with Crippen LogP contribution in [0.15, 0.2) is 12.1 Å². The summed E-state index contributed by atoms with van der Waals surface area (Å²) in [6, 6.07) is 3.37. The van der Waals surface area contributed by atoms with Crippen LogP contribution in [0.3, 0.4) is 0 Å². The molecule has 1 aromatic carbocycles. The number of benzene rings is 1. The number of carboxylic acids is 1. The molecule has 0 bridgehead atoms. The largest absolute Gasteiger partial charge is 0.507 e. The Labute approximate surface area is 200 Å². The number of aliphatic hydroxyl groups excluding tert-OH is 2. The van der Waals surface area contributed by atoms with E-state index in [1.807, 2.05) is 6.92 Å². The number of hydrogen-bond donors (Lipinski definition) is 4. The highest BCUT2D eigenvalue weighted by atomic mass is 16.6. The van der Waals surface area contributed by atoms with Crippen LogP contribution in [-0.2, 0) is 20.7 Å². The number of rotatable bonds is 10. The number of carbonyl (C=O) groups is 2. The molecule has 4 N–H and O–H groups in total. The summed E-state index contributed by atoms with van der Waals surface area (Å²) in [4.78, 5) is 24.2. The van der Waals surface area contributed by atoms with Crippen molar-refractivity contribution in [2.24, 2.45) is 11.8 Å². The zero-order valence-electron chi connectivity index (χ0n) is 20.3. The number of carbonyl (C=O) groups excluding carboxylic acids is 1. The van der Waals surface area contributed by atoms with Gasteiger partial charge in [-0.3, -0.25) is 4.79 Å². The Balaban J connectivity index is 1.47. The summed E-state index contributed by atoms with van der Waals surface area (Å²) in [6.45, 7) is 5.87. The molecule has 2 aliphatic heterocycles. The van der Waals surface area contributed by atoms with Crippen LogP contribution < -0.4 is 0 Å². The van der Waals surface area contributed by atoms with Crippen molar-refractivity contribution >= 4 is 11.8 Å². The molecule has 190 valence electrons. The topological polar surface area (TPSA) is 134 Å². The van der Waals surface area contributed by atoms with E-state index in [9.17, 15) is 30.0 Å². The molecule has 0 aliphatic carbocycles. The van der Waals surface area contributed by atoms with Gasteiger partial charge in [-0.05, 0) is 62.0 Å². The van der Waals surface area contributed by atoms with E-state index in [2.05, 4.69) is 6.92 Å². The monoisotopic (exact) mass is 478 g/mol. The first-order valence-corrected chi connectivity index (χ1v) is 12.3. The van der Waals surface area contributed by atoms with E-state index in [0.717, 1.165) is 12.8 Å². The average molecular weight is 479 g/mol. The number of ketones is 1. The Bertz CT molecular complexity index is 861. The van der Waals surface area contributed by atoms with Crippen LogP contribution >= 0.6 is 0 Å². The highest BCUT2D eigenvalue weighted by Gasteiger charge is 2.39. The van der Waals surface area contributed by atoms with E-state index in [0.29, 0.717) is 37.0 Å². The Morgan fingerprint density at radius 2 is 1.94 bits per heavy atom. The van der Waals surface area contributed by atoms with Gasteiger partial charge < -0.3 is 29.9 Å². The van der Waals surface area contributed by atoms with E-state index in [1.54, 1.807) is 19.1 Å². The van der Waals surface area contributed by atoms with E-state index in [-0.39, 0.29) is 60.1 Å². The predicted molar refractivity (Wildman–Crippen MR) is 125 cm³/mol. The minimum absolute atomic E-state index is 0.0233. The summed E-state index contributed by atoms with van der Waals surface area (Å²) in [6.07, 6.45) is 1.81. The van der Waals surface area contributed by atoms with Gasteiger partial charge >= 0.3 is 5.97 Å². The van der Waals surface area contributed by atoms with E-state index in [4.69, 9.17) is 9.47 Å². The fourth-order valence-corrected chi connectivity index (χ4v) is 4.97. The Hall–Kier alpha value is -2.00. The third kappa shape index (κ3) is 6.56. The Morgan fingerprint density at radius 1 is 1.21 bits per heavy atom. The number of phenols is 1. The third-order valence-electron chi connectivity index (χ3n) is 7.36. The maximum Gasteiger partial charge on any atom is 0.339 e. The second kappa shape index (κ2) is 11.6. The minimum atomic E-state index is -1.18. The lowest BCUT2D eigenvalue weighted by atomic mass is 9.89. The highest BCUT2D eigenvalue weighted by Crippen LogP contribution is 2.34. The molecule has 0 radical (unpaired) electrons. The number of hydrogen-bond acceptors (Lipinski definition) is 7. The zero-order chi connectivity index (χ0) is 25.0. The molecule has 2 heterocycles. The first-order chi connectivity index (χ1) is 16.1. The van der Waals surface area contributed by atoms with Crippen molar-refractivity contribution in [1.82, 2.24) is 0 Å². The number of Topliss-reactive ketones (excluding diaryl/α,β-unsaturated/α-hetero) is 1. The molecule has 2 unspecified atom stereocenters. The average Bonchev–Trinajstić information content (AvgIpc) is 3.14. The molecule has 8 heteroatoms. The highest BCUT2D eigenvalue weighted by molar-refractivity contribution is 5.93. The van der Waals surface area contributed by atoms with Crippen LogP contribution in [0.4, 0.5) is 0 Å². The molecule has 2 fully saturated rings. The van der Waals surface area contributed by atoms with Crippen LogP contribution in [0.1, 0.15) is 73.9 Å². The fourth-order valence-electron chi connectivity index (χ4n) is 4.97. The van der Waals surface area contributed by atoms with Crippen molar-refractivity contribution in [2.75, 3.05) is 6.61 Å². The van der Waals surface area contributed by atoms with Gasteiger partial charge in [0.15, 0.2) is 0 Å². The molecule has 0 aromatic heterocycles. The van der Waals surface area contributed by atoms with Crippen molar-refractivity contribution in [2.45, 2.75) is 96.2 Å². The summed E-state index contributed by atoms with van der Waals surface area (Å²) in [5, 5.41) is 39.8. The minimum Gasteiger partial charge on any atom is -0.507 e. The first-order valence-electron chi connectivity index (χ1n) is 12.3. The molecule has 7 atom stereocenters. The van der Waals surface area contributed by atoms with E-state index >= 15 is 0 Å². The molecular weight excluding hydrogens is 440 g/mol. The molecule has 0 saturated carbocycles. The predicted octanol–water partition coefficient (Wildman–Crippen LogP) is 3.01. The van der Waals surface area contributed by atoms with Gasteiger partial charge in [-0.25, -0.2) is 4.79 Å². The molecule has 3 rings (SSSR count). The van der Waals surface area contributed by atoms with Crippen molar-refractivity contribution < 1.29 is 39.5 Å². The maximum absolute atomic E-state index is 12.7. The van der Waals surface area contributed by atoms with Gasteiger partial charge in [0, 0.05) is 12.8 Å². The quantitative estimate of drug-likeness (QED) is 0.403. The van der Waals surface area contributed by atoms with Gasteiger partial charge in [0.1, 0.15) is 17.1 Å². The van der Waals surface area contributed by atoms with Crippen molar-refractivity contribution in [3.8, 4) is 5.75 Å². The summed E-state index contributed by atoms with van der Waals surface area (Å²) in [5.41, 5.74) is 0.909. The lowest BCUT2D eigenvalue weighted by Crippen LogP contribution is -2.37. The van der Waals surface area contributed by atoms with Crippen LogP contribution in [0.5, 0.6) is 5.75 Å². The lowest BCUT2D eigenvalue weighted by Gasteiger charge is -2.30. The van der Waals surface area contributed by atoms with Crippen LogP contribution in [0, 0.1) is 18.8 Å². The van der Waals surface area contributed by atoms with Gasteiger partial charge in [0.2, 0.25) is 0 Å². The molecule has 34 heavy (non-hydrogen) atoms. The second-order valence-electron chi connectivity index (χ2n) is 10.1. The summed E-state index contributed by atoms with van der Waals surface area (Å²) in [7, 11) is 0. The number of aryl methyl sites for hydroxylation is 2. The normalized spacial score (nSPS) is 29.0. The SMILES string of the molecule is Cc1ccc(CC[C@@H](C)[C@H](O)CC(=O)C[C@H]2OC(C3CC[C@@H](O)CO3)C[C@@H]2C)c(C(=O)O)c1O. The van der Waals surface area contributed by atoms with E-state index in [1.165, 1.54) is 0 Å². The molecule has 2 aliphatic rings. The van der Waals surface area contributed by atoms with Crippen molar-refractivity contribution in [3.05, 3.63) is 28.8 Å². The number of ether oxygens (including phenoxy) is 2. The van der Waals surface area contributed by atoms with Gasteiger partial charge in [0.25, 0.3) is 0 Å². The Morgan fingerprint density at radius 3 is 2.59 bits per heavy atom. The molecule has 8 nitrogen and oxygen atoms in total. The molecule has 1 aromatic rings. The number of aromatic carboxylic acids is 1. The summed E-state index contributed by atoms with van der Waals surface area (Å²) >= 11 is 0. The van der Waals surface area contributed by atoms with Crippen LogP contribution in [0.2, 0.25) is 0 Å². The third-order valence-corrected chi connectivity index (χ3v) is 7.36. The molecule has 0 spiro atoms. The molecule has 2 saturated heterocycles. The maximum atomic E-state index is 12.7. The van der Waals surface area contributed by atoms with Gasteiger partial charge in [0.05, 0.1) is 37.1 Å². The Kier molecular flexibility index (Phi) is 9.09. The van der Waals surface area contributed by atoms with Crippen molar-refractivity contribution in [1.29, 1.82) is 0 Å².